The molecule has 1 atom stereocenters. The number of nitrogens with zero attached hydrogens (tertiary/aromatic N) is 2. The van der Waals surface area contributed by atoms with Crippen molar-refractivity contribution in [3.8, 4) is 5.69 Å². The molecule has 0 aliphatic rings. The van der Waals surface area contributed by atoms with Gasteiger partial charge < -0.3 is 15.4 Å². The lowest BCUT2D eigenvalue weighted by atomic mass is 10.0. The van der Waals surface area contributed by atoms with Crippen molar-refractivity contribution in [2.24, 2.45) is 5.73 Å². The van der Waals surface area contributed by atoms with Crippen molar-refractivity contribution in [2.45, 2.75) is 12.5 Å². The van der Waals surface area contributed by atoms with Crippen molar-refractivity contribution >= 4 is 17.6 Å². The summed E-state index contributed by atoms with van der Waals surface area (Å²) < 4.78 is 1.77. The number of aliphatic carboxylic acids is 1. The number of carboxylic acid groups (broad SMARTS) is 1. The topological polar surface area (TPSA) is 81.1 Å². The Kier molecular flexibility index (Phi) is 3.64. The summed E-state index contributed by atoms with van der Waals surface area (Å²) in [4.78, 5) is 14.5. The molecule has 0 amide bonds. The molecule has 0 saturated heterocycles. The maximum Gasteiger partial charge on any atom is 0.305 e. The van der Waals surface area contributed by atoms with Crippen LogP contribution in [-0.2, 0) is 4.79 Å². The van der Waals surface area contributed by atoms with Crippen LogP contribution < -0.4 is 5.73 Å². The molecular formula is C12H12ClN3O2. The number of hydrogen-bond acceptors (Lipinski definition) is 3. The molecule has 0 saturated carbocycles. The second kappa shape index (κ2) is 5.20. The highest BCUT2D eigenvalue weighted by Crippen LogP contribution is 2.25. The summed E-state index contributed by atoms with van der Waals surface area (Å²) in [6, 6.07) is 4.69. The van der Waals surface area contributed by atoms with Gasteiger partial charge in [-0.1, -0.05) is 17.7 Å². The second-order valence-corrected chi connectivity index (χ2v) is 4.29. The first kappa shape index (κ1) is 12.6. The van der Waals surface area contributed by atoms with E-state index in [9.17, 15) is 4.79 Å². The molecule has 1 heterocycles. The zero-order valence-corrected chi connectivity index (χ0v) is 10.2. The Morgan fingerprint density at radius 2 is 2.33 bits per heavy atom. The number of hydrogen-bond donors (Lipinski definition) is 2. The van der Waals surface area contributed by atoms with E-state index in [0.29, 0.717) is 10.6 Å². The van der Waals surface area contributed by atoms with Crippen LogP contribution in [0.4, 0.5) is 0 Å². The van der Waals surface area contributed by atoms with Crippen LogP contribution in [0.25, 0.3) is 5.69 Å². The summed E-state index contributed by atoms with van der Waals surface area (Å²) in [7, 11) is 0. The van der Waals surface area contributed by atoms with Crippen molar-refractivity contribution in [3.63, 3.8) is 0 Å². The van der Waals surface area contributed by atoms with Gasteiger partial charge in [0.2, 0.25) is 0 Å². The lowest BCUT2D eigenvalue weighted by molar-refractivity contribution is -0.137. The monoisotopic (exact) mass is 265 g/mol. The van der Waals surface area contributed by atoms with E-state index in [-0.39, 0.29) is 6.42 Å². The smallest absolute Gasteiger partial charge is 0.305 e. The zero-order valence-electron chi connectivity index (χ0n) is 9.45. The van der Waals surface area contributed by atoms with Crippen LogP contribution in [0.3, 0.4) is 0 Å². The third-order valence-electron chi connectivity index (χ3n) is 2.58. The Morgan fingerprint density at radius 3 is 2.89 bits per heavy atom. The third-order valence-corrected chi connectivity index (χ3v) is 2.88. The van der Waals surface area contributed by atoms with Crippen molar-refractivity contribution < 1.29 is 9.90 Å². The maximum atomic E-state index is 10.6. The summed E-state index contributed by atoms with van der Waals surface area (Å²) in [6.07, 6.45) is 4.94. The van der Waals surface area contributed by atoms with E-state index < -0.39 is 12.0 Å². The van der Waals surface area contributed by atoms with Gasteiger partial charge in [0.15, 0.2) is 0 Å². The van der Waals surface area contributed by atoms with Crippen LogP contribution in [0.2, 0.25) is 5.02 Å². The van der Waals surface area contributed by atoms with Crippen LogP contribution in [0.1, 0.15) is 18.0 Å². The van der Waals surface area contributed by atoms with E-state index >= 15 is 0 Å². The van der Waals surface area contributed by atoms with Gasteiger partial charge in [0.1, 0.15) is 0 Å². The molecule has 3 N–H and O–H groups in total. The summed E-state index contributed by atoms with van der Waals surface area (Å²) in [5.41, 5.74) is 7.25. The molecule has 1 aromatic heterocycles. The van der Waals surface area contributed by atoms with Crippen molar-refractivity contribution in [1.29, 1.82) is 0 Å². The Bertz CT molecular complexity index is 554. The van der Waals surface area contributed by atoms with E-state index in [0.717, 1.165) is 5.69 Å². The van der Waals surface area contributed by atoms with Gasteiger partial charge in [-0.15, -0.1) is 0 Å². The Labute approximate surface area is 109 Å². The minimum Gasteiger partial charge on any atom is -0.481 e. The number of halogens is 1. The van der Waals surface area contributed by atoms with Gasteiger partial charge in [0, 0.05) is 18.4 Å². The fraction of sp³-hybridized carbons (Fsp3) is 0.167. The first-order valence-corrected chi connectivity index (χ1v) is 5.71. The first-order valence-electron chi connectivity index (χ1n) is 5.33. The van der Waals surface area contributed by atoms with Gasteiger partial charge >= 0.3 is 5.97 Å². The van der Waals surface area contributed by atoms with Crippen molar-refractivity contribution in [2.75, 3.05) is 0 Å². The lowest BCUT2D eigenvalue weighted by Crippen LogP contribution is -2.15. The van der Waals surface area contributed by atoms with Crippen molar-refractivity contribution in [3.05, 3.63) is 47.5 Å². The number of aromatic nitrogens is 2. The number of carbonyl (C=O) groups is 1. The van der Waals surface area contributed by atoms with Crippen LogP contribution in [-0.4, -0.2) is 20.6 Å². The Balaban J connectivity index is 2.28. The Hall–Kier alpha value is -1.85. The molecule has 2 rings (SSSR count). The zero-order chi connectivity index (χ0) is 13.1. The molecule has 0 radical (unpaired) electrons. The molecule has 0 spiro atoms. The molecule has 18 heavy (non-hydrogen) atoms. The predicted molar refractivity (Wildman–Crippen MR) is 67.8 cm³/mol. The quantitative estimate of drug-likeness (QED) is 0.886. The summed E-state index contributed by atoms with van der Waals surface area (Å²) in [5.74, 6) is -0.933. The molecule has 94 valence electrons. The number of benzene rings is 1. The van der Waals surface area contributed by atoms with E-state index in [1.807, 2.05) is 0 Å². The molecule has 0 fully saturated rings. The molecule has 6 heteroatoms. The van der Waals surface area contributed by atoms with Crippen LogP contribution in [0.15, 0.2) is 36.9 Å². The van der Waals surface area contributed by atoms with Gasteiger partial charge in [-0.25, -0.2) is 4.98 Å². The normalized spacial score (nSPS) is 12.3. The Morgan fingerprint density at radius 1 is 1.56 bits per heavy atom. The third kappa shape index (κ3) is 2.69. The van der Waals surface area contributed by atoms with Crippen LogP contribution in [0.5, 0.6) is 0 Å². The second-order valence-electron chi connectivity index (χ2n) is 3.89. The van der Waals surface area contributed by atoms with Crippen molar-refractivity contribution in [1.82, 2.24) is 9.55 Å². The minimum absolute atomic E-state index is 0.124. The average Bonchev–Trinajstić information content (AvgIpc) is 2.81. The van der Waals surface area contributed by atoms with E-state index in [4.69, 9.17) is 22.4 Å². The van der Waals surface area contributed by atoms with Crippen LogP contribution in [0, 0.1) is 0 Å². The summed E-state index contributed by atoms with van der Waals surface area (Å²) in [5, 5.41) is 9.20. The number of carboxylic acids is 1. The van der Waals surface area contributed by atoms with Gasteiger partial charge in [0.25, 0.3) is 0 Å². The van der Waals surface area contributed by atoms with E-state index in [1.165, 1.54) is 0 Å². The maximum absolute atomic E-state index is 10.6. The molecule has 1 unspecified atom stereocenters. The fourth-order valence-corrected chi connectivity index (χ4v) is 1.96. The summed E-state index contributed by atoms with van der Waals surface area (Å²) >= 11 is 6.15. The number of imidazole rings is 1. The van der Waals surface area contributed by atoms with E-state index in [2.05, 4.69) is 4.98 Å². The van der Waals surface area contributed by atoms with Gasteiger partial charge in [0.05, 0.1) is 23.5 Å². The molecule has 0 aliphatic heterocycles. The molecule has 0 aliphatic carbocycles. The van der Waals surface area contributed by atoms with E-state index in [1.54, 1.807) is 41.5 Å². The van der Waals surface area contributed by atoms with Gasteiger partial charge in [-0.3, -0.25) is 4.79 Å². The lowest BCUT2D eigenvalue weighted by Gasteiger charge is -2.12. The molecule has 1 aromatic carbocycles. The molecule has 5 nitrogen and oxygen atoms in total. The standard InChI is InChI=1S/C12H12ClN3O2/c13-9-5-8(10(14)6-12(17)18)1-2-11(9)16-4-3-15-7-16/h1-5,7,10H,6,14H2,(H,17,18). The highest BCUT2D eigenvalue weighted by Gasteiger charge is 2.12. The van der Waals surface area contributed by atoms with Crippen LogP contribution >= 0.6 is 11.6 Å². The number of rotatable bonds is 4. The summed E-state index contributed by atoms with van der Waals surface area (Å²) in [6.45, 7) is 0. The highest BCUT2D eigenvalue weighted by atomic mass is 35.5. The SMILES string of the molecule is NC(CC(=O)O)c1ccc(-n2ccnc2)c(Cl)c1. The minimum atomic E-state index is -0.933. The first-order chi connectivity index (χ1) is 8.58. The fourth-order valence-electron chi connectivity index (χ4n) is 1.67. The molecule has 0 bridgehead atoms. The highest BCUT2D eigenvalue weighted by molar-refractivity contribution is 6.32. The number of nitrogens with two attached hydrogens (primary N) is 1. The average molecular weight is 266 g/mol. The van der Waals surface area contributed by atoms with Gasteiger partial charge in [-0.05, 0) is 17.7 Å². The predicted octanol–water partition coefficient (Wildman–Crippen LogP) is 2.00. The molecular weight excluding hydrogens is 254 g/mol. The van der Waals surface area contributed by atoms with Gasteiger partial charge in [-0.2, -0.15) is 0 Å². The largest absolute Gasteiger partial charge is 0.481 e. The molecule has 2 aromatic rings.